The molecule has 3 aromatic rings. The number of nitrogens with zero attached hydrogens (tertiary/aromatic N) is 3. The monoisotopic (exact) mass is 413 g/mol. The molecule has 1 amide bonds. The normalized spacial score (nSPS) is 9.93. The third kappa shape index (κ3) is 4.89. The molecule has 30 heavy (non-hydrogen) atoms. The topological polar surface area (TPSA) is 47.3 Å². The highest BCUT2D eigenvalue weighted by Crippen LogP contribution is 2.32. The molecule has 0 aliphatic heterocycles. The summed E-state index contributed by atoms with van der Waals surface area (Å²) in [6.45, 7) is 6.27. The number of rotatable bonds is 5. The van der Waals surface area contributed by atoms with Gasteiger partial charge in [-0.3, -0.25) is 4.79 Å². The summed E-state index contributed by atoms with van der Waals surface area (Å²) in [5.74, 6) is 5.25. The van der Waals surface area contributed by atoms with Crippen molar-refractivity contribution in [3.05, 3.63) is 71.1 Å². The quantitative estimate of drug-likeness (QED) is 0.544. The Morgan fingerprint density at radius 1 is 0.967 bits per heavy atom. The van der Waals surface area contributed by atoms with Gasteiger partial charge in [0.25, 0.3) is 0 Å². The Bertz CT molecular complexity index is 1110. The van der Waals surface area contributed by atoms with Gasteiger partial charge >= 0.3 is 5.91 Å². The predicted molar refractivity (Wildman–Crippen MR) is 125 cm³/mol. The van der Waals surface area contributed by atoms with Crippen molar-refractivity contribution in [1.82, 2.24) is 0 Å². The van der Waals surface area contributed by atoms with Gasteiger partial charge in [0.1, 0.15) is 0 Å². The summed E-state index contributed by atoms with van der Waals surface area (Å²) >= 11 is 1.61. The van der Waals surface area contributed by atoms with Crippen molar-refractivity contribution in [3.63, 3.8) is 0 Å². The lowest BCUT2D eigenvalue weighted by Crippen LogP contribution is -2.23. The van der Waals surface area contributed by atoms with Crippen molar-refractivity contribution in [2.45, 2.75) is 13.8 Å². The SMILES string of the molecule is CCN(CC)c1ccc(-c2cc(N(C)C(=O)C#Cc3ccc(C#N)cc3)cs2)cc1. The maximum atomic E-state index is 12.5. The first-order chi connectivity index (χ1) is 14.5. The Kier molecular flexibility index (Phi) is 6.91. The Labute approximate surface area is 182 Å². The van der Waals surface area contributed by atoms with E-state index in [0.29, 0.717) is 11.1 Å². The van der Waals surface area contributed by atoms with Gasteiger partial charge in [0.05, 0.1) is 17.3 Å². The van der Waals surface area contributed by atoms with Crippen LogP contribution < -0.4 is 9.80 Å². The van der Waals surface area contributed by atoms with Crippen LogP contribution in [0.5, 0.6) is 0 Å². The first-order valence-corrected chi connectivity index (χ1v) is 10.7. The lowest BCUT2D eigenvalue weighted by molar-refractivity contribution is -0.113. The summed E-state index contributed by atoms with van der Waals surface area (Å²) in [7, 11) is 1.73. The summed E-state index contributed by atoms with van der Waals surface area (Å²) in [6.07, 6.45) is 0. The Morgan fingerprint density at radius 2 is 1.60 bits per heavy atom. The van der Waals surface area contributed by atoms with Gasteiger partial charge in [0.2, 0.25) is 0 Å². The lowest BCUT2D eigenvalue weighted by Gasteiger charge is -2.21. The van der Waals surface area contributed by atoms with Crippen molar-refractivity contribution in [3.8, 4) is 28.4 Å². The van der Waals surface area contributed by atoms with Crippen molar-refractivity contribution in [1.29, 1.82) is 5.26 Å². The van der Waals surface area contributed by atoms with Crippen LogP contribution in [0.15, 0.2) is 60.0 Å². The summed E-state index contributed by atoms with van der Waals surface area (Å²) in [5, 5.41) is 10.8. The molecule has 1 heterocycles. The standard InChI is InChI=1S/C25H23N3OS/c1-4-28(5-2)22-13-11-21(12-14-22)24-16-23(18-30-24)27(3)25(29)15-10-19-6-8-20(17-26)9-7-19/h6-9,11-14,16,18H,4-5H2,1-3H3. The van der Waals surface area contributed by atoms with E-state index in [4.69, 9.17) is 5.26 Å². The van der Waals surface area contributed by atoms with Crippen LogP contribution in [0.4, 0.5) is 11.4 Å². The number of benzene rings is 2. The third-order valence-corrected chi connectivity index (χ3v) is 5.85. The first-order valence-electron chi connectivity index (χ1n) is 9.79. The second-order valence-electron chi connectivity index (χ2n) is 6.69. The lowest BCUT2D eigenvalue weighted by atomic mass is 10.1. The van der Waals surface area contributed by atoms with Crippen LogP contribution in [0.3, 0.4) is 0 Å². The minimum atomic E-state index is -0.277. The maximum Gasteiger partial charge on any atom is 0.303 e. The van der Waals surface area contributed by atoms with Crippen LogP contribution in [0.25, 0.3) is 10.4 Å². The van der Waals surface area contributed by atoms with Crippen molar-refractivity contribution in [2.75, 3.05) is 29.9 Å². The van der Waals surface area contributed by atoms with Crippen LogP contribution in [0.2, 0.25) is 0 Å². The molecule has 0 spiro atoms. The van der Waals surface area contributed by atoms with E-state index in [9.17, 15) is 4.79 Å². The highest BCUT2D eigenvalue weighted by atomic mass is 32.1. The number of carbonyl (C=O) groups excluding carboxylic acids is 1. The molecule has 1 aromatic heterocycles. The van der Waals surface area contributed by atoms with Crippen LogP contribution in [0.1, 0.15) is 25.0 Å². The Hall–Kier alpha value is -3.54. The zero-order chi connectivity index (χ0) is 21.5. The second-order valence-corrected chi connectivity index (χ2v) is 7.60. The number of hydrogen-bond acceptors (Lipinski definition) is 4. The Morgan fingerprint density at radius 3 is 2.20 bits per heavy atom. The molecule has 0 N–H and O–H groups in total. The highest BCUT2D eigenvalue weighted by Gasteiger charge is 2.12. The van der Waals surface area contributed by atoms with Gasteiger partial charge < -0.3 is 9.80 Å². The average molecular weight is 414 g/mol. The molecule has 5 heteroatoms. The zero-order valence-corrected chi connectivity index (χ0v) is 18.2. The molecule has 4 nitrogen and oxygen atoms in total. The molecule has 0 radical (unpaired) electrons. The fourth-order valence-electron chi connectivity index (χ4n) is 3.03. The molecule has 0 bridgehead atoms. The minimum absolute atomic E-state index is 0.277. The number of nitriles is 1. The smallest absolute Gasteiger partial charge is 0.303 e. The zero-order valence-electron chi connectivity index (χ0n) is 17.3. The van der Waals surface area contributed by atoms with Crippen LogP contribution in [0, 0.1) is 23.2 Å². The molecule has 0 saturated carbocycles. The van der Waals surface area contributed by atoms with Crippen molar-refractivity contribution >= 4 is 28.6 Å². The summed E-state index contributed by atoms with van der Waals surface area (Å²) in [4.78, 5) is 17.4. The fourth-order valence-corrected chi connectivity index (χ4v) is 3.97. The summed E-state index contributed by atoms with van der Waals surface area (Å²) in [6, 6.07) is 19.5. The summed E-state index contributed by atoms with van der Waals surface area (Å²) < 4.78 is 0. The van der Waals surface area contributed by atoms with Gasteiger partial charge in [-0.05, 0) is 61.9 Å². The van der Waals surface area contributed by atoms with Gasteiger partial charge in [-0.25, -0.2) is 0 Å². The van der Waals surface area contributed by atoms with Crippen molar-refractivity contribution < 1.29 is 4.79 Å². The molecule has 0 saturated heterocycles. The molecule has 150 valence electrons. The van der Waals surface area contributed by atoms with Gasteiger partial charge in [-0.2, -0.15) is 5.26 Å². The molecular formula is C25H23N3OS. The van der Waals surface area contributed by atoms with E-state index in [1.54, 1.807) is 47.5 Å². The largest absolute Gasteiger partial charge is 0.372 e. The van der Waals surface area contributed by atoms with Crippen LogP contribution >= 0.6 is 11.3 Å². The molecule has 0 unspecified atom stereocenters. The number of carbonyl (C=O) groups is 1. The molecule has 3 rings (SSSR count). The minimum Gasteiger partial charge on any atom is -0.372 e. The van der Waals surface area contributed by atoms with E-state index in [0.717, 1.165) is 29.2 Å². The molecule has 0 aliphatic carbocycles. The van der Waals surface area contributed by atoms with E-state index in [2.05, 4.69) is 60.9 Å². The van der Waals surface area contributed by atoms with E-state index in [1.165, 1.54) is 5.69 Å². The van der Waals surface area contributed by atoms with E-state index in [-0.39, 0.29) is 5.91 Å². The first kappa shape index (κ1) is 21.2. The highest BCUT2D eigenvalue weighted by molar-refractivity contribution is 7.14. The second kappa shape index (κ2) is 9.78. The van der Waals surface area contributed by atoms with E-state index >= 15 is 0 Å². The van der Waals surface area contributed by atoms with Gasteiger partial charge in [-0.1, -0.05) is 18.1 Å². The van der Waals surface area contributed by atoms with E-state index in [1.807, 2.05) is 11.4 Å². The van der Waals surface area contributed by atoms with E-state index < -0.39 is 0 Å². The summed E-state index contributed by atoms with van der Waals surface area (Å²) in [5.41, 5.74) is 4.44. The Balaban J connectivity index is 1.71. The number of thiophene rings is 1. The molecule has 2 aromatic carbocycles. The number of anilines is 2. The molecule has 0 fully saturated rings. The maximum absolute atomic E-state index is 12.5. The third-order valence-electron chi connectivity index (χ3n) is 4.89. The van der Waals surface area contributed by atoms with Gasteiger partial charge in [0.15, 0.2) is 0 Å². The predicted octanol–water partition coefficient (Wildman–Crippen LogP) is 5.15. The number of hydrogen-bond donors (Lipinski definition) is 0. The molecular weight excluding hydrogens is 390 g/mol. The van der Waals surface area contributed by atoms with Crippen molar-refractivity contribution in [2.24, 2.45) is 0 Å². The van der Waals surface area contributed by atoms with Crippen LogP contribution in [-0.2, 0) is 4.79 Å². The number of amides is 1. The molecule has 0 aliphatic rings. The molecule has 0 atom stereocenters. The van der Waals surface area contributed by atoms with Crippen LogP contribution in [-0.4, -0.2) is 26.0 Å². The van der Waals surface area contributed by atoms with Gasteiger partial charge in [0, 0.05) is 47.6 Å². The average Bonchev–Trinajstić information content (AvgIpc) is 3.29. The van der Waals surface area contributed by atoms with Gasteiger partial charge in [-0.15, -0.1) is 11.3 Å². The fraction of sp³-hybridized carbons (Fsp3) is 0.200.